The lowest BCUT2D eigenvalue weighted by Gasteiger charge is -2.34. The predicted molar refractivity (Wildman–Crippen MR) is 66.6 cm³/mol. The molecule has 2 heterocycles. The molecule has 2 aromatic heterocycles. The quantitative estimate of drug-likeness (QED) is 0.631. The van der Waals surface area contributed by atoms with Gasteiger partial charge in [0.2, 0.25) is 5.89 Å². The van der Waals surface area contributed by atoms with Gasteiger partial charge in [-0.25, -0.2) is 0 Å². The van der Waals surface area contributed by atoms with Crippen molar-refractivity contribution in [3.05, 3.63) is 34.2 Å². The third-order valence-corrected chi connectivity index (χ3v) is 3.54. The van der Waals surface area contributed by atoms with E-state index in [1.165, 1.54) is 17.1 Å². The van der Waals surface area contributed by atoms with E-state index >= 15 is 0 Å². The Bertz CT molecular complexity index is 630. The lowest BCUT2D eigenvalue weighted by atomic mass is 9.77. The van der Waals surface area contributed by atoms with Gasteiger partial charge < -0.3 is 10.3 Å². The van der Waals surface area contributed by atoms with Crippen molar-refractivity contribution in [3.8, 4) is 0 Å². The highest BCUT2D eigenvalue weighted by Gasteiger charge is 2.38. The van der Waals surface area contributed by atoms with E-state index in [0.29, 0.717) is 24.7 Å². The molecule has 1 fully saturated rings. The molecule has 0 radical (unpaired) electrons. The highest BCUT2D eigenvalue weighted by atomic mass is 16.6. The zero-order chi connectivity index (χ0) is 14.2. The van der Waals surface area contributed by atoms with Gasteiger partial charge in [-0.15, -0.1) is 0 Å². The summed E-state index contributed by atoms with van der Waals surface area (Å²) in [6.45, 7) is 0.438. The van der Waals surface area contributed by atoms with Gasteiger partial charge in [0, 0.05) is 13.0 Å². The molecule has 106 valence electrons. The first-order chi connectivity index (χ1) is 9.57. The number of nitrogens with two attached hydrogens (primary N) is 1. The van der Waals surface area contributed by atoms with Crippen molar-refractivity contribution < 1.29 is 9.45 Å². The molecule has 2 aromatic rings. The summed E-state index contributed by atoms with van der Waals surface area (Å²) >= 11 is 0. The van der Waals surface area contributed by atoms with Crippen LogP contribution in [0.25, 0.3) is 0 Å². The number of hydrogen-bond donors (Lipinski definition) is 1. The van der Waals surface area contributed by atoms with Crippen LogP contribution in [0.1, 0.15) is 31.0 Å². The number of aryl methyl sites for hydroxylation is 2. The molecule has 0 unspecified atom stereocenters. The number of aromatic nitrogens is 4. The van der Waals surface area contributed by atoms with Crippen LogP contribution in [0.5, 0.6) is 0 Å². The van der Waals surface area contributed by atoms with E-state index in [9.17, 15) is 10.1 Å². The van der Waals surface area contributed by atoms with E-state index in [2.05, 4.69) is 15.2 Å². The van der Waals surface area contributed by atoms with Gasteiger partial charge in [0.1, 0.15) is 12.4 Å². The lowest BCUT2D eigenvalue weighted by Crippen LogP contribution is -2.44. The second kappa shape index (κ2) is 4.67. The molecule has 1 aliphatic carbocycles. The van der Waals surface area contributed by atoms with E-state index < -0.39 is 10.5 Å². The highest BCUT2D eigenvalue weighted by Crippen LogP contribution is 2.36. The van der Waals surface area contributed by atoms with E-state index in [4.69, 9.17) is 10.3 Å². The van der Waals surface area contributed by atoms with Crippen LogP contribution >= 0.6 is 0 Å². The van der Waals surface area contributed by atoms with Crippen molar-refractivity contribution in [2.24, 2.45) is 5.73 Å². The molecule has 1 aliphatic rings. The smallest absolute Gasteiger partial charge is 0.306 e. The van der Waals surface area contributed by atoms with Crippen molar-refractivity contribution in [1.29, 1.82) is 0 Å². The van der Waals surface area contributed by atoms with Gasteiger partial charge in [-0.1, -0.05) is 5.16 Å². The molecule has 2 N–H and O–H groups in total. The second-order valence-corrected chi connectivity index (χ2v) is 4.99. The minimum Gasteiger partial charge on any atom is -0.339 e. The molecule has 9 nitrogen and oxygen atoms in total. The van der Waals surface area contributed by atoms with Gasteiger partial charge in [-0.3, -0.25) is 14.8 Å². The molecule has 9 heteroatoms. The van der Waals surface area contributed by atoms with Crippen LogP contribution in [0.15, 0.2) is 16.9 Å². The highest BCUT2D eigenvalue weighted by molar-refractivity contribution is 5.20. The van der Waals surface area contributed by atoms with Crippen molar-refractivity contribution in [2.45, 2.75) is 37.8 Å². The Morgan fingerprint density at radius 3 is 2.95 bits per heavy atom. The SMILES string of the molecule is NC1(c2noc(CCn3cc([N+](=O)[O-])cn3)n2)CCC1. The molecule has 0 amide bonds. The zero-order valence-electron chi connectivity index (χ0n) is 10.7. The minimum atomic E-state index is -0.483. The van der Waals surface area contributed by atoms with Gasteiger partial charge in [0.15, 0.2) is 5.82 Å². The van der Waals surface area contributed by atoms with Crippen LogP contribution in [-0.4, -0.2) is 24.8 Å². The molecular formula is C11H14N6O3. The lowest BCUT2D eigenvalue weighted by molar-refractivity contribution is -0.385. The summed E-state index contributed by atoms with van der Waals surface area (Å²) in [4.78, 5) is 14.3. The van der Waals surface area contributed by atoms with E-state index in [-0.39, 0.29) is 5.69 Å². The van der Waals surface area contributed by atoms with Gasteiger partial charge in [0.05, 0.1) is 10.5 Å². The fraction of sp³-hybridized carbons (Fsp3) is 0.545. The van der Waals surface area contributed by atoms with Gasteiger partial charge >= 0.3 is 5.69 Å². The largest absolute Gasteiger partial charge is 0.339 e. The molecule has 1 saturated carbocycles. The Kier molecular flexibility index (Phi) is 2.97. The van der Waals surface area contributed by atoms with Crippen molar-refractivity contribution in [1.82, 2.24) is 19.9 Å². The second-order valence-electron chi connectivity index (χ2n) is 4.99. The van der Waals surface area contributed by atoms with E-state index in [1.54, 1.807) is 0 Å². The Labute approximate surface area is 113 Å². The summed E-state index contributed by atoms with van der Waals surface area (Å²) < 4.78 is 6.62. The Hall–Kier alpha value is -2.29. The maximum absolute atomic E-state index is 10.5. The summed E-state index contributed by atoms with van der Waals surface area (Å²) in [5.41, 5.74) is 5.63. The van der Waals surface area contributed by atoms with Crippen LogP contribution in [0.2, 0.25) is 0 Å². The first-order valence-electron chi connectivity index (χ1n) is 6.36. The molecule has 20 heavy (non-hydrogen) atoms. The fourth-order valence-electron chi connectivity index (χ4n) is 2.12. The van der Waals surface area contributed by atoms with Crippen LogP contribution < -0.4 is 5.73 Å². The third-order valence-electron chi connectivity index (χ3n) is 3.54. The van der Waals surface area contributed by atoms with E-state index in [1.807, 2.05) is 0 Å². The maximum Gasteiger partial charge on any atom is 0.306 e. The minimum absolute atomic E-state index is 0.0356. The summed E-state index contributed by atoms with van der Waals surface area (Å²) in [6.07, 6.45) is 5.87. The number of hydrogen-bond acceptors (Lipinski definition) is 7. The summed E-state index contributed by atoms with van der Waals surface area (Å²) in [5, 5.41) is 18.3. The van der Waals surface area contributed by atoms with E-state index in [0.717, 1.165) is 19.3 Å². The summed E-state index contributed by atoms with van der Waals surface area (Å²) in [7, 11) is 0. The normalized spacial score (nSPS) is 16.9. The molecule has 0 aliphatic heterocycles. The Morgan fingerprint density at radius 1 is 1.55 bits per heavy atom. The third kappa shape index (κ3) is 2.27. The van der Waals surface area contributed by atoms with Crippen LogP contribution in [0.3, 0.4) is 0 Å². The molecular weight excluding hydrogens is 264 g/mol. The van der Waals surface area contributed by atoms with Crippen LogP contribution in [0, 0.1) is 10.1 Å². The first-order valence-corrected chi connectivity index (χ1v) is 6.36. The Balaban J connectivity index is 1.62. The molecule has 0 atom stereocenters. The zero-order valence-corrected chi connectivity index (χ0v) is 10.7. The molecule has 0 spiro atoms. The van der Waals surface area contributed by atoms with Crippen molar-refractivity contribution in [2.75, 3.05) is 0 Å². The topological polar surface area (TPSA) is 126 Å². The van der Waals surface area contributed by atoms with Crippen molar-refractivity contribution in [3.63, 3.8) is 0 Å². The fourth-order valence-corrected chi connectivity index (χ4v) is 2.12. The molecule has 0 bridgehead atoms. The summed E-state index contributed by atoms with van der Waals surface area (Å²) in [6, 6.07) is 0. The Morgan fingerprint density at radius 2 is 2.35 bits per heavy atom. The average molecular weight is 278 g/mol. The first kappa shape index (κ1) is 12.7. The molecule has 3 rings (SSSR count). The van der Waals surface area contributed by atoms with Crippen molar-refractivity contribution >= 4 is 5.69 Å². The average Bonchev–Trinajstić information content (AvgIpc) is 3.02. The molecule has 0 aromatic carbocycles. The van der Waals surface area contributed by atoms with Crippen LogP contribution in [0.4, 0.5) is 5.69 Å². The van der Waals surface area contributed by atoms with Gasteiger partial charge in [-0.2, -0.15) is 10.1 Å². The monoisotopic (exact) mass is 278 g/mol. The number of nitrogens with zero attached hydrogens (tertiary/aromatic N) is 5. The van der Waals surface area contributed by atoms with Gasteiger partial charge in [0.25, 0.3) is 0 Å². The molecule has 0 saturated heterocycles. The number of rotatable bonds is 5. The predicted octanol–water partition coefficient (Wildman–Crippen LogP) is 0.755. The standard InChI is InChI=1S/C11H14N6O3/c12-11(3-1-4-11)10-14-9(20-15-10)2-5-16-7-8(6-13-16)17(18)19/h6-7H,1-5,12H2. The van der Waals surface area contributed by atoms with Gasteiger partial charge in [-0.05, 0) is 19.3 Å². The number of nitro groups is 1. The maximum atomic E-state index is 10.5. The summed E-state index contributed by atoms with van der Waals surface area (Å²) in [5.74, 6) is 1.01. The van der Waals surface area contributed by atoms with Crippen LogP contribution in [-0.2, 0) is 18.5 Å².